The zero-order valence-electron chi connectivity index (χ0n) is 21.4. The first-order valence-corrected chi connectivity index (χ1v) is 16.5. The predicted octanol–water partition coefficient (Wildman–Crippen LogP) is 4.23. The van der Waals surface area contributed by atoms with E-state index >= 15 is 0 Å². The molecule has 14 heteroatoms. The van der Waals surface area contributed by atoms with Crippen molar-refractivity contribution in [1.82, 2.24) is 4.31 Å². The second kappa shape index (κ2) is 12.2. The van der Waals surface area contributed by atoms with E-state index in [1.54, 1.807) is 30.3 Å². The lowest BCUT2D eigenvalue weighted by Crippen LogP contribution is -2.31. The van der Waals surface area contributed by atoms with E-state index < -0.39 is 54.4 Å². The largest absolute Gasteiger partial charge is 0.387 e. The summed E-state index contributed by atoms with van der Waals surface area (Å²) in [6.45, 7) is -0.482. The number of aliphatic hydroxyl groups is 1. The van der Waals surface area contributed by atoms with Gasteiger partial charge in [0, 0.05) is 25.2 Å². The van der Waals surface area contributed by atoms with Crippen molar-refractivity contribution in [2.45, 2.75) is 20.8 Å². The van der Waals surface area contributed by atoms with Gasteiger partial charge < -0.3 is 13.5 Å². The minimum absolute atomic E-state index is 0.00589. The average Bonchev–Trinajstić information content (AvgIpc) is 2.95. The van der Waals surface area contributed by atoms with Gasteiger partial charge in [-0.25, -0.2) is 8.42 Å². The SMILES string of the molecule is CN(C[C@H](O)c1cc(OS(=O)(=O)c2ccccc2)c(OS(=O)(=O)c2ccccc2)cc1Cl)S(=O)(=O)c1ccccc1. The van der Waals surface area contributed by atoms with Crippen LogP contribution in [-0.4, -0.2) is 48.3 Å². The Labute approximate surface area is 243 Å². The standard InChI is InChI=1S/C27H24ClNO9S3/c1-29(39(31,32)20-11-5-2-6-12-20)19-25(30)23-17-26(37-40(33,34)21-13-7-3-8-14-21)27(18-24(23)28)38-41(35,36)22-15-9-4-10-16-22/h2-18,25,30H,19H2,1H3/t25-/m0/s1. The third-order valence-electron chi connectivity index (χ3n) is 5.77. The summed E-state index contributed by atoms with van der Waals surface area (Å²) < 4.78 is 89.1. The fraction of sp³-hybridized carbons (Fsp3) is 0.111. The number of rotatable bonds is 11. The summed E-state index contributed by atoms with van der Waals surface area (Å²) in [5.41, 5.74) is -0.135. The average molecular weight is 638 g/mol. The van der Waals surface area contributed by atoms with Crippen LogP contribution >= 0.6 is 11.6 Å². The number of hydrogen-bond donors (Lipinski definition) is 1. The molecule has 41 heavy (non-hydrogen) atoms. The topological polar surface area (TPSA) is 144 Å². The molecule has 1 N–H and O–H groups in total. The van der Waals surface area contributed by atoms with Crippen LogP contribution in [0.15, 0.2) is 118 Å². The Kier molecular flexibility index (Phi) is 9.07. The summed E-state index contributed by atoms with van der Waals surface area (Å²) in [4.78, 5) is -0.457. The van der Waals surface area contributed by atoms with Crippen molar-refractivity contribution in [3.8, 4) is 11.5 Å². The zero-order valence-corrected chi connectivity index (χ0v) is 24.6. The van der Waals surface area contributed by atoms with E-state index in [2.05, 4.69) is 0 Å². The van der Waals surface area contributed by atoms with Gasteiger partial charge in [0.15, 0.2) is 11.5 Å². The van der Waals surface area contributed by atoms with Crippen molar-refractivity contribution >= 4 is 41.9 Å². The summed E-state index contributed by atoms with van der Waals surface area (Å²) in [5.74, 6) is -1.17. The maximum absolute atomic E-state index is 13.0. The van der Waals surface area contributed by atoms with Crippen LogP contribution in [0.5, 0.6) is 11.5 Å². The van der Waals surface area contributed by atoms with E-state index in [1.807, 2.05) is 0 Å². The van der Waals surface area contributed by atoms with Gasteiger partial charge in [0.25, 0.3) is 0 Å². The molecule has 4 aromatic rings. The molecule has 0 amide bonds. The Morgan fingerprint density at radius 1 is 0.683 bits per heavy atom. The quantitative estimate of drug-likeness (QED) is 0.239. The number of hydrogen-bond acceptors (Lipinski definition) is 9. The molecule has 10 nitrogen and oxygen atoms in total. The third-order valence-corrected chi connectivity index (χ3v) is 10.4. The van der Waals surface area contributed by atoms with Crippen molar-refractivity contribution in [3.63, 3.8) is 0 Å². The van der Waals surface area contributed by atoms with Crippen LogP contribution in [0.4, 0.5) is 0 Å². The van der Waals surface area contributed by atoms with Crippen LogP contribution in [-0.2, 0) is 30.3 Å². The van der Waals surface area contributed by atoms with Gasteiger partial charge in [0.2, 0.25) is 10.0 Å². The molecule has 0 saturated heterocycles. The molecule has 0 aliphatic carbocycles. The van der Waals surface area contributed by atoms with Crippen molar-refractivity contribution in [3.05, 3.63) is 114 Å². The molecule has 0 spiro atoms. The minimum Gasteiger partial charge on any atom is -0.387 e. The van der Waals surface area contributed by atoms with Gasteiger partial charge >= 0.3 is 20.2 Å². The highest BCUT2D eigenvalue weighted by Gasteiger charge is 2.29. The van der Waals surface area contributed by atoms with E-state index in [9.17, 15) is 30.4 Å². The molecule has 0 aromatic heterocycles. The molecule has 4 aromatic carbocycles. The van der Waals surface area contributed by atoms with Crippen molar-refractivity contribution in [1.29, 1.82) is 0 Å². The second-order valence-electron chi connectivity index (χ2n) is 8.64. The third kappa shape index (κ3) is 7.07. The molecule has 0 heterocycles. The molecule has 0 saturated carbocycles. The lowest BCUT2D eigenvalue weighted by Gasteiger charge is -2.22. The maximum atomic E-state index is 13.0. The van der Waals surface area contributed by atoms with Gasteiger partial charge in [0.1, 0.15) is 9.79 Å². The van der Waals surface area contributed by atoms with Gasteiger partial charge in [-0.3, -0.25) is 0 Å². The molecule has 0 bridgehead atoms. The fourth-order valence-corrected chi connectivity index (χ4v) is 7.04. The van der Waals surface area contributed by atoms with Gasteiger partial charge in [-0.1, -0.05) is 66.2 Å². The highest BCUT2D eigenvalue weighted by atomic mass is 35.5. The first kappa shape index (κ1) is 30.5. The normalized spacial score (nSPS) is 13.1. The van der Waals surface area contributed by atoms with Gasteiger partial charge in [-0.2, -0.15) is 21.1 Å². The monoisotopic (exact) mass is 637 g/mol. The molecule has 1 atom stereocenters. The van der Waals surface area contributed by atoms with Crippen LogP contribution in [0, 0.1) is 0 Å². The van der Waals surface area contributed by atoms with Gasteiger partial charge in [-0.05, 0) is 42.5 Å². The van der Waals surface area contributed by atoms with Crippen molar-refractivity contribution in [2.24, 2.45) is 0 Å². The van der Waals surface area contributed by atoms with E-state index in [-0.39, 0.29) is 25.3 Å². The summed E-state index contributed by atoms with van der Waals surface area (Å²) >= 11 is 6.37. The molecule has 0 radical (unpaired) electrons. The molecule has 0 aliphatic rings. The molecular weight excluding hydrogens is 614 g/mol. The van der Waals surface area contributed by atoms with Crippen LogP contribution in [0.1, 0.15) is 11.7 Å². The number of nitrogens with zero attached hydrogens (tertiary/aromatic N) is 1. The van der Waals surface area contributed by atoms with Crippen molar-refractivity contribution in [2.75, 3.05) is 13.6 Å². The Hall–Kier alpha value is -3.46. The highest BCUT2D eigenvalue weighted by molar-refractivity contribution is 7.89. The van der Waals surface area contributed by atoms with Crippen LogP contribution in [0.2, 0.25) is 5.02 Å². The number of benzene rings is 4. The Balaban J connectivity index is 1.73. The lowest BCUT2D eigenvalue weighted by molar-refractivity contribution is 0.155. The van der Waals surface area contributed by atoms with E-state index in [0.29, 0.717) is 0 Å². The molecule has 0 unspecified atom stereocenters. The molecular formula is C27H24ClNO9S3. The Bertz CT molecular complexity index is 1840. The van der Waals surface area contributed by atoms with E-state index in [1.165, 1.54) is 67.7 Å². The number of sulfonamides is 1. The number of likely N-dealkylation sites (N-methyl/N-ethyl adjacent to an activating group) is 1. The van der Waals surface area contributed by atoms with E-state index in [4.69, 9.17) is 20.0 Å². The second-order valence-corrected chi connectivity index (χ2v) is 14.2. The number of aliphatic hydroxyl groups excluding tert-OH is 1. The van der Waals surface area contributed by atoms with Gasteiger partial charge in [-0.15, -0.1) is 0 Å². The van der Waals surface area contributed by atoms with Gasteiger partial charge in [0.05, 0.1) is 16.0 Å². The first-order valence-electron chi connectivity index (χ1n) is 11.8. The fourth-order valence-electron chi connectivity index (χ4n) is 3.66. The highest BCUT2D eigenvalue weighted by Crippen LogP contribution is 2.39. The zero-order chi connectivity index (χ0) is 29.8. The maximum Gasteiger partial charge on any atom is 0.339 e. The summed E-state index contributed by atoms with van der Waals surface area (Å²) in [6, 6.07) is 23.7. The molecule has 216 valence electrons. The van der Waals surface area contributed by atoms with Crippen LogP contribution in [0.25, 0.3) is 0 Å². The smallest absolute Gasteiger partial charge is 0.339 e. The first-order chi connectivity index (χ1) is 19.3. The Morgan fingerprint density at radius 3 is 1.51 bits per heavy atom. The molecule has 0 aliphatic heterocycles. The summed E-state index contributed by atoms with van der Waals surface area (Å²) in [6.07, 6.45) is -1.58. The van der Waals surface area contributed by atoms with E-state index in [0.717, 1.165) is 16.4 Å². The number of halogens is 1. The van der Waals surface area contributed by atoms with Crippen LogP contribution < -0.4 is 8.37 Å². The summed E-state index contributed by atoms with van der Waals surface area (Å²) in [7, 11) is -11.7. The minimum atomic E-state index is -4.50. The lowest BCUT2D eigenvalue weighted by atomic mass is 10.1. The summed E-state index contributed by atoms with van der Waals surface area (Å²) in [5, 5.41) is 10.7. The molecule has 4 rings (SSSR count). The van der Waals surface area contributed by atoms with Crippen molar-refractivity contribution < 1.29 is 38.7 Å². The molecule has 0 fully saturated rings. The van der Waals surface area contributed by atoms with Crippen LogP contribution in [0.3, 0.4) is 0 Å². The Morgan fingerprint density at radius 2 is 1.07 bits per heavy atom. The predicted molar refractivity (Wildman–Crippen MR) is 151 cm³/mol.